The first kappa shape index (κ1) is 36.7. The van der Waals surface area contributed by atoms with Gasteiger partial charge in [0.15, 0.2) is 23.2 Å². The molecular formula is C31H36F4N2O8. The van der Waals surface area contributed by atoms with Crippen LogP contribution in [0, 0.1) is 41.0 Å². The predicted octanol–water partition coefficient (Wildman–Crippen LogP) is 4.53. The number of esters is 1. The van der Waals surface area contributed by atoms with Gasteiger partial charge in [-0.25, -0.2) is 8.78 Å². The first-order valence-corrected chi connectivity index (χ1v) is 14.1. The number of methoxy groups -OCH3 is 1. The van der Waals surface area contributed by atoms with Crippen molar-refractivity contribution in [3.63, 3.8) is 0 Å². The zero-order valence-corrected chi connectivity index (χ0v) is 25.5. The molecule has 2 rings (SSSR count). The van der Waals surface area contributed by atoms with Crippen LogP contribution in [0.4, 0.5) is 23.2 Å². The van der Waals surface area contributed by atoms with E-state index < -0.39 is 89.3 Å². The van der Waals surface area contributed by atoms with Crippen LogP contribution < -0.4 is 20.1 Å². The van der Waals surface area contributed by atoms with Crippen molar-refractivity contribution in [1.82, 2.24) is 5.32 Å². The molecule has 0 aliphatic heterocycles. The molecule has 14 heteroatoms. The van der Waals surface area contributed by atoms with E-state index in [-0.39, 0.29) is 31.4 Å². The first-order valence-electron chi connectivity index (χ1n) is 14.1. The van der Waals surface area contributed by atoms with Crippen molar-refractivity contribution in [1.29, 1.82) is 0 Å². The number of carbonyl (C=O) groups is 5. The zero-order chi connectivity index (χ0) is 33.8. The summed E-state index contributed by atoms with van der Waals surface area (Å²) < 4.78 is 70.0. The molecule has 0 spiro atoms. The highest BCUT2D eigenvalue weighted by molar-refractivity contribution is 6.40. The number of anilines is 1. The summed E-state index contributed by atoms with van der Waals surface area (Å²) >= 11 is 0. The number of hydrogen-bond acceptors (Lipinski definition) is 8. The van der Waals surface area contributed by atoms with Crippen molar-refractivity contribution in [3.05, 3.63) is 53.6 Å². The van der Waals surface area contributed by atoms with Crippen LogP contribution >= 0.6 is 0 Å². The Hall–Kier alpha value is -4.49. The Morgan fingerprint density at radius 1 is 0.889 bits per heavy atom. The lowest BCUT2D eigenvalue weighted by molar-refractivity contribution is -0.147. The molecule has 0 aliphatic rings. The van der Waals surface area contributed by atoms with Crippen LogP contribution in [0.15, 0.2) is 30.3 Å². The van der Waals surface area contributed by atoms with E-state index in [4.69, 9.17) is 14.2 Å². The number of carbonyl (C=O) groups excluding carboxylic acids is 5. The van der Waals surface area contributed by atoms with Crippen molar-refractivity contribution in [2.24, 2.45) is 17.8 Å². The second-order valence-corrected chi connectivity index (χ2v) is 10.9. The van der Waals surface area contributed by atoms with E-state index in [9.17, 15) is 41.5 Å². The number of amides is 2. The summed E-state index contributed by atoms with van der Waals surface area (Å²) in [6, 6.07) is 4.59. The molecule has 0 heterocycles. The van der Waals surface area contributed by atoms with Gasteiger partial charge < -0.3 is 24.8 Å². The van der Waals surface area contributed by atoms with Crippen LogP contribution in [-0.2, 0) is 28.7 Å². The number of Topliss-reactive ketones (excluding diaryl/α,β-unsaturated/α-hetero) is 2. The molecule has 1 unspecified atom stereocenters. The number of nitrogens with one attached hydrogen (secondary N) is 2. The van der Waals surface area contributed by atoms with Gasteiger partial charge in [-0.2, -0.15) is 8.78 Å². The van der Waals surface area contributed by atoms with Crippen molar-refractivity contribution < 1.29 is 55.7 Å². The molecule has 2 N–H and O–H groups in total. The molecule has 0 aromatic heterocycles. The summed E-state index contributed by atoms with van der Waals surface area (Å²) in [5.74, 6) is -14.0. The van der Waals surface area contributed by atoms with Gasteiger partial charge in [0.2, 0.25) is 23.3 Å². The lowest BCUT2D eigenvalue weighted by Crippen LogP contribution is -2.47. The fraction of sp³-hybridized carbons (Fsp3) is 0.452. The third-order valence-corrected chi connectivity index (χ3v) is 6.51. The fourth-order valence-corrected chi connectivity index (χ4v) is 3.97. The topological polar surface area (TPSA) is 137 Å². The molecule has 2 aromatic carbocycles. The standard InChI is InChI=1S/C31H36F4N2O8/c1-16(2)14-44-26(40)13-23(25(39)15-45-29-27(34)21(32)12-22(33)28(29)35)37-30(41)20(17(3)4)10-11-24(38)31(42)36-18-6-8-19(43-5)9-7-18/h6-9,12,16-17,20,23H,10-11,13-15H2,1-5H3,(H,36,42)(H,37,41)/t20-,23?/m0/s1. The molecule has 0 radical (unpaired) electrons. The van der Waals surface area contributed by atoms with Crippen molar-refractivity contribution in [2.75, 3.05) is 25.6 Å². The van der Waals surface area contributed by atoms with Gasteiger partial charge in [0.1, 0.15) is 18.4 Å². The number of ketones is 2. The highest BCUT2D eigenvalue weighted by Gasteiger charge is 2.31. The van der Waals surface area contributed by atoms with Crippen LogP contribution in [0.1, 0.15) is 47.0 Å². The van der Waals surface area contributed by atoms with Gasteiger partial charge in [-0.05, 0) is 42.5 Å². The molecule has 0 saturated carbocycles. The van der Waals surface area contributed by atoms with Crippen LogP contribution in [-0.4, -0.2) is 55.7 Å². The molecule has 246 valence electrons. The molecular weight excluding hydrogens is 604 g/mol. The van der Waals surface area contributed by atoms with E-state index in [1.54, 1.807) is 39.8 Å². The Labute approximate surface area is 257 Å². The molecule has 2 atom stereocenters. The Balaban J connectivity index is 2.13. The quantitative estimate of drug-likeness (QED) is 0.111. The summed E-state index contributed by atoms with van der Waals surface area (Å²) in [6.45, 7) is 5.67. The van der Waals surface area contributed by atoms with Gasteiger partial charge in [0.05, 0.1) is 20.1 Å². The Kier molecular flexibility index (Phi) is 14.0. The van der Waals surface area contributed by atoms with E-state index in [1.165, 1.54) is 19.2 Å². The van der Waals surface area contributed by atoms with E-state index in [0.717, 1.165) is 0 Å². The lowest BCUT2D eigenvalue weighted by atomic mass is 9.89. The maximum atomic E-state index is 14.0. The van der Waals surface area contributed by atoms with Gasteiger partial charge in [-0.3, -0.25) is 24.0 Å². The minimum atomic E-state index is -1.88. The predicted molar refractivity (Wildman–Crippen MR) is 153 cm³/mol. The minimum absolute atomic E-state index is 0.00149. The van der Waals surface area contributed by atoms with E-state index >= 15 is 0 Å². The third-order valence-electron chi connectivity index (χ3n) is 6.51. The molecule has 0 saturated heterocycles. The Morgan fingerprint density at radius 2 is 1.49 bits per heavy atom. The maximum Gasteiger partial charge on any atom is 0.308 e. The van der Waals surface area contributed by atoms with Gasteiger partial charge >= 0.3 is 5.97 Å². The van der Waals surface area contributed by atoms with Gasteiger partial charge in [0.25, 0.3) is 5.91 Å². The average Bonchev–Trinajstić information content (AvgIpc) is 2.98. The molecule has 2 aromatic rings. The fourth-order valence-electron chi connectivity index (χ4n) is 3.97. The SMILES string of the molecule is COc1ccc(NC(=O)C(=O)CC[C@H](C(=O)NC(CC(=O)OCC(C)C)C(=O)COc2c(F)c(F)cc(F)c2F)C(C)C)cc1. The van der Waals surface area contributed by atoms with Crippen LogP contribution in [0.5, 0.6) is 11.5 Å². The zero-order valence-electron chi connectivity index (χ0n) is 25.5. The molecule has 0 fully saturated rings. The average molecular weight is 641 g/mol. The van der Waals surface area contributed by atoms with E-state index in [0.29, 0.717) is 11.4 Å². The summed E-state index contributed by atoms with van der Waals surface area (Å²) in [6.07, 6.45) is -1.14. The normalized spacial score (nSPS) is 12.3. The summed E-state index contributed by atoms with van der Waals surface area (Å²) in [5.41, 5.74) is 0.348. The number of hydrogen-bond donors (Lipinski definition) is 2. The summed E-state index contributed by atoms with van der Waals surface area (Å²) in [7, 11) is 1.47. The summed E-state index contributed by atoms with van der Waals surface area (Å²) in [5, 5.41) is 4.83. The Bertz CT molecular complexity index is 1360. The van der Waals surface area contributed by atoms with Gasteiger partial charge in [-0.1, -0.05) is 27.7 Å². The van der Waals surface area contributed by atoms with Crippen molar-refractivity contribution >= 4 is 35.0 Å². The Morgan fingerprint density at radius 3 is 2.02 bits per heavy atom. The lowest BCUT2D eigenvalue weighted by Gasteiger charge is -2.24. The second-order valence-electron chi connectivity index (χ2n) is 10.9. The monoisotopic (exact) mass is 640 g/mol. The molecule has 2 amide bonds. The maximum absolute atomic E-state index is 14.0. The molecule has 10 nitrogen and oxygen atoms in total. The second kappa shape index (κ2) is 17.1. The van der Waals surface area contributed by atoms with Crippen LogP contribution in [0.25, 0.3) is 0 Å². The number of benzene rings is 2. The first-order chi connectivity index (χ1) is 21.1. The largest absolute Gasteiger partial charge is 0.497 e. The van der Waals surface area contributed by atoms with Crippen LogP contribution in [0.2, 0.25) is 0 Å². The van der Waals surface area contributed by atoms with Crippen LogP contribution in [0.3, 0.4) is 0 Å². The van der Waals surface area contributed by atoms with Gasteiger partial charge in [-0.15, -0.1) is 0 Å². The minimum Gasteiger partial charge on any atom is -0.497 e. The highest BCUT2D eigenvalue weighted by Crippen LogP contribution is 2.26. The van der Waals surface area contributed by atoms with E-state index in [1.807, 2.05) is 0 Å². The smallest absolute Gasteiger partial charge is 0.308 e. The van der Waals surface area contributed by atoms with E-state index in [2.05, 4.69) is 10.6 Å². The number of halogens is 4. The molecule has 45 heavy (non-hydrogen) atoms. The van der Waals surface area contributed by atoms with Crippen molar-refractivity contribution in [3.8, 4) is 11.5 Å². The number of rotatable bonds is 17. The molecule has 0 bridgehead atoms. The summed E-state index contributed by atoms with van der Waals surface area (Å²) in [4.78, 5) is 63.6. The number of ether oxygens (including phenoxy) is 3. The highest BCUT2D eigenvalue weighted by atomic mass is 19.2. The third kappa shape index (κ3) is 11.2. The molecule has 0 aliphatic carbocycles. The van der Waals surface area contributed by atoms with Crippen molar-refractivity contribution in [2.45, 2.75) is 53.0 Å². The van der Waals surface area contributed by atoms with Gasteiger partial charge in [0, 0.05) is 24.1 Å².